The second kappa shape index (κ2) is 8.40. The zero-order chi connectivity index (χ0) is 13.4. The molecule has 0 aliphatic carbocycles. The Hall–Kier alpha value is -0.710. The summed E-state index contributed by atoms with van der Waals surface area (Å²) in [6.07, 6.45) is 0. The fraction of sp³-hybridized carbons (Fsp3) is 0.571. The number of aliphatic hydroxyl groups is 1. The van der Waals surface area contributed by atoms with Crippen LogP contribution in [0.25, 0.3) is 0 Å². The summed E-state index contributed by atoms with van der Waals surface area (Å²) in [6.45, 7) is 5.45. The first-order valence-corrected chi connectivity index (χ1v) is 7.47. The molecule has 1 unspecified atom stereocenters. The van der Waals surface area contributed by atoms with Crippen molar-refractivity contribution in [2.24, 2.45) is 0 Å². The molecule has 0 saturated carbocycles. The molecule has 0 aromatic heterocycles. The molecule has 1 aromatic rings. The van der Waals surface area contributed by atoms with Crippen LogP contribution in [0, 0.1) is 0 Å². The number of benzene rings is 1. The molecule has 0 amide bonds. The first kappa shape index (κ1) is 15.3. The van der Waals surface area contributed by atoms with Gasteiger partial charge in [0.2, 0.25) is 0 Å². The lowest BCUT2D eigenvalue weighted by atomic mass is 10.0. The van der Waals surface area contributed by atoms with Gasteiger partial charge in [-0.3, -0.25) is 0 Å². The van der Waals surface area contributed by atoms with Crippen LogP contribution in [0.3, 0.4) is 0 Å². The van der Waals surface area contributed by atoms with Crippen LogP contribution in [0.5, 0.6) is 5.75 Å². The smallest absolute Gasteiger partial charge is 0.122 e. The Balaban J connectivity index is 2.80. The largest absolute Gasteiger partial charge is 0.496 e. The molecule has 2 N–H and O–H groups in total. The third kappa shape index (κ3) is 4.52. The predicted molar refractivity (Wildman–Crippen MR) is 78.3 cm³/mol. The Morgan fingerprint density at radius 1 is 1.44 bits per heavy atom. The number of hydrogen-bond acceptors (Lipinski definition) is 4. The van der Waals surface area contributed by atoms with Crippen molar-refractivity contribution in [1.82, 2.24) is 5.32 Å². The van der Waals surface area contributed by atoms with Crippen molar-refractivity contribution in [3.8, 4) is 5.75 Å². The van der Waals surface area contributed by atoms with Crippen LogP contribution in [0.2, 0.25) is 0 Å². The average Bonchev–Trinajstić information content (AvgIpc) is 2.39. The van der Waals surface area contributed by atoms with Gasteiger partial charge in [-0.05, 0) is 31.2 Å². The lowest BCUT2D eigenvalue weighted by Gasteiger charge is -2.16. The standard InChI is InChI=1S/C14H23NO2S/c1-4-15-11(2)12-5-6-14(17-3)13(9-12)10-18-8-7-16/h5-6,9,11,15-16H,4,7-8,10H2,1-3H3. The highest BCUT2D eigenvalue weighted by Crippen LogP contribution is 2.26. The topological polar surface area (TPSA) is 41.5 Å². The zero-order valence-electron chi connectivity index (χ0n) is 11.4. The molecule has 4 heteroatoms. The van der Waals surface area contributed by atoms with E-state index < -0.39 is 0 Å². The second-order valence-electron chi connectivity index (χ2n) is 4.13. The monoisotopic (exact) mass is 269 g/mol. The van der Waals surface area contributed by atoms with E-state index >= 15 is 0 Å². The normalized spacial score (nSPS) is 12.4. The summed E-state index contributed by atoms with van der Waals surface area (Å²) in [4.78, 5) is 0. The molecule has 0 bridgehead atoms. The lowest BCUT2D eigenvalue weighted by Crippen LogP contribution is -2.17. The van der Waals surface area contributed by atoms with E-state index in [4.69, 9.17) is 9.84 Å². The third-order valence-corrected chi connectivity index (χ3v) is 3.79. The molecule has 3 nitrogen and oxygen atoms in total. The van der Waals surface area contributed by atoms with Gasteiger partial charge in [-0.25, -0.2) is 0 Å². The van der Waals surface area contributed by atoms with Crippen molar-refractivity contribution in [1.29, 1.82) is 0 Å². The molecule has 1 aromatic carbocycles. The summed E-state index contributed by atoms with van der Waals surface area (Å²) in [5.41, 5.74) is 2.47. The first-order chi connectivity index (χ1) is 8.72. The molecule has 0 spiro atoms. The van der Waals surface area contributed by atoms with Gasteiger partial charge in [-0.15, -0.1) is 0 Å². The van der Waals surface area contributed by atoms with E-state index in [9.17, 15) is 0 Å². The molecule has 1 atom stereocenters. The Morgan fingerprint density at radius 3 is 2.83 bits per heavy atom. The maximum atomic E-state index is 8.82. The molecular weight excluding hydrogens is 246 g/mol. The molecule has 0 heterocycles. The molecule has 0 radical (unpaired) electrons. The van der Waals surface area contributed by atoms with E-state index in [0.29, 0.717) is 6.04 Å². The molecule has 0 aliphatic rings. The highest BCUT2D eigenvalue weighted by Gasteiger charge is 2.08. The minimum Gasteiger partial charge on any atom is -0.496 e. The molecule has 0 fully saturated rings. The number of nitrogens with one attached hydrogen (secondary N) is 1. The van der Waals surface area contributed by atoms with Crippen LogP contribution in [0.4, 0.5) is 0 Å². The summed E-state index contributed by atoms with van der Waals surface area (Å²) in [7, 11) is 1.70. The number of thioether (sulfide) groups is 1. The van der Waals surface area contributed by atoms with E-state index in [1.54, 1.807) is 18.9 Å². The van der Waals surface area contributed by atoms with E-state index in [0.717, 1.165) is 23.8 Å². The Kier molecular flexibility index (Phi) is 7.16. The Bertz CT molecular complexity index is 358. The zero-order valence-corrected chi connectivity index (χ0v) is 12.2. The van der Waals surface area contributed by atoms with E-state index in [1.807, 2.05) is 6.07 Å². The van der Waals surface area contributed by atoms with Crippen LogP contribution in [0.15, 0.2) is 18.2 Å². The maximum absolute atomic E-state index is 8.82. The van der Waals surface area contributed by atoms with E-state index in [1.165, 1.54) is 11.1 Å². The highest BCUT2D eigenvalue weighted by molar-refractivity contribution is 7.98. The molecule has 0 aliphatic heterocycles. The van der Waals surface area contributed by atoms with Gasteiger partial charge in [0.25, 0.3) is 0 Å². The van der Waals surface area contributed by atoms with Crippen LogP contribution in [-0.4, -0.2) is 31.1 Å². The highest BCUT2D eigenvalue weighted by atomic mass is 32.2. The van der Waals surface area contributed by atoms with Crippen molar-refractivity contribution >= 4 is 11.8 Å². The maximum Gasteiger partial charge on any atom is 0.122 e. The summed E-state index contributed by atoms with van der Waals surface area (Å²) in [5.74, 6) is 2.56. The van der Waals surface area contributed by atoms with E-state index in [2.05, 4.69) is 31.3 Å². The Morgan fingerprint density at radius 2 is 2.22 bits per heavy atom. The Labute approximate surface area is 114 Å². The number of aliphatic hydroxyl groups excluding tert-OH is 1. The van der Waals surface area contributed by atoms with Crippen molar-refractivity contribution in [2.75, 3.05) is 26.0 Å². The van der Waals surface area contributed by atoms with Gasteiger partial charge in [0.05, 0.1) is 13.7 Å². The average molecular weight is 269 g/mol. The summed E-state index contributed by atoms with van der Waals surface area (Å²) >= 11 is 1.72. The van der Waals surface area contributed by atoms with Gasteiger partial charge >= 0.3 is 0 Å². The number of ether oxygens (including phenoxy) is 1. The fourth-order valence-corrected chi connectivity index (χ4v) is 2.57. The van der Waals surface area contributed by atoms with Gasteiger partial charge in [-0.2, -0.15) is 11.8 Å². The van der Waals surface area contributed by atoms with Crippen molar-refractivity contribution in [3.63, 3.8) is 0 Å². The third-order valence-electron chi connectivity index (χ3n) is 2.81. The SMILES string of the molecule is CCNC(C)c1ccc(OC)c(CSCCO)c1. The lowest BCUT2D eigenvalue weighted by molar-refractivity contribution is 0.322. The summed E-state index contributed by atoms with van der Waals surface area (Å²) in [6, 6.07) is 6.67. The molecule has 0 saturated heterocycles. The second-order valence-corrected chi connectivity index (χ2v) is 5.23. The minimum absolute atomic E-state index is 0.223. The predicted octanol–water partition coefficient (Wildman–Crippen LogP) is 2.59. The van der Waals surface area contributed by atoms with Gasteiger partial charge in [-0.1, -0.05) is 13.0 Å². The summed E-state index contributed by atoms with van der Waals surface area (Å²) < 4.78 is 5.37. The minimum atomic E-state index is 0.223. The van der Waals surface area contributed by atoms with Gasteiger partial charge in [0, 0.05) is 23.1 Å². The fourth-order valence-electron chi connectivity index (χ4n) is 1.85. The number of methoxy groups -OCH3 is 1. The molecule has 102 valence electrons. The van der Waals surface area contributed by atoms with E-state index in [-0.39, 0.29) is 6.61 Å². The molecule has 1 rings (SSSR count). The van der Waals surface area contributed by atoms with Crippen LogP contribution < -0.4 is 10.1 Å². The van der Waals surface area contributed by atoms with Gasteiger partial charge in [0.1, 0.15) is 5.75 Å². The van der Waals surface area contributed by atoms with Crippen LogP contribution in [0.1, 0.15) is 31.0 Å². The first-order valence-electron chi connectivity index (χ1n) is 6.31. The van der Waals surface area contributed by atoms with Gasteiger partial charge in [0.15, 0.2) is 0 Å². The van der Waals surface area contributed by atoms with Crippen LogP contribution >= 0.6 is 11.8 Å². The van der Waals surface area contributed by atoms with Crippen molar-refractivity contribution < 1.29 is 9.84 Å². The van der Waals surface area contributed by atoms with Crippen molar-refractivity contribution in [3.05, 3.63) is 29.3 Å². The number of rotatable bonds is 8. The van der Waals surface area contributed by atoms with Gasteiger partial charge < -0.3 is 15.2 Å². The quantitative estimate of drug-likeness (QED) is 0.712. The molecule has 18 heavy (non-hydrogen) atoms. The van der Waals surface area contributed by atoms with Crippen molar-refractivity contribution in [2.45, 2.75) is 25.6 Å². The summed E-state index contributed by atoms with van der Waals surface area (Å²) in [5, 5.41) is 12.2. The number of hydrogen-bond donors (Lipinski definition) is 2. The van der Waals surface area contributed by atoms with Crippen LogP contribution in [-0.2, 0) is 5.75 Å². The molecular formula is C14H23NO2S.